The van der Waals surface area contributed by atoms with Crippen LogP contribution in [0.3, 0.4) is 0 Å². The number of fused-ring (bicyclic) bond motifs is 1. The minimum atomic E-state index is -0.524. The number of carbonyl (C=O) groups is 1. The van der Waals surface area contributed by atoms with Crippen molar-refractivity contribution in [2.24, 2.45) is 4.99 Å². The van der Waals surface area contributed by atoms with E-state index in [1.807, 2.05) is 77.7 Å². The molecular weight excluding hydrogens is 464 g/mol. The summed E-state index contributed by atoms with van der Waals surface area (Å²) in [6.07, 6.45) is 0.549. The predicted molar refractivity (Wildman–Crippen MR) is 156 cm³/mol. The van der Waals surface area contributed by atoms with Crippen molar-refractivity contribution in [1.82, 2.24) is 0 Å². The lowest BCUT2D eigenvalue weighted by Crippen LogP contribution is -2.38. The first-order valence-corrected chi connectivity index (χ1v) is 13.0. The van der Waals surface area contributed by atoms with Gasteiger partial charge < -0.3 is 4.90 Å². The lowest BCUT2D eigenvalue weighted by molar-refractivity contribution is -0.119. The third kappa shape index (κ3) is 4.91. The van der Waals surface area contributed by atoms with Crippen LogP contribution in [0.2, 0.25) is 0 Å². The summed E-state index contributed by atoms with van der Waals surface area (Å²) in [6, 6.07) is 46.8. The van der Waals surface area contributed by atoms with Crippen molar-refractivity contribution >= 4 is 17.3 Å². The molecule has 3 heteroatoms. The van der Waals surface area contributed by atoms with Gasteiger partial charge in [-0.1, -0.05) is 133 Å². The average molecular weight is 493 g/mol. The average Bonchev–Trinajstić information content (AvgIpc) is 3.10. The number of hydrogen-bond donors (Lipinski definition) is 0. The Labute approximate surface area is 223 Å². The SMILES string of the molecule is O=C1[C@H](Cc2ccccc2)N=C(c2ccccc2)c2ccccc2N1Cc1ccc(-c2ccccc2)cc1. The first-order valence-electron chi connectivity index (χ1n) is 13.0. The molecule has 0 aromatic heterocycles. The molecule has 5 aromatic rings. The number of anilines is 1. The molecule has 6 rings (SSSR count). The number of rotatable bonds is 6. The standard InChI is InChI=1S/C35H28N2O/c38-35-32(24-26-12-4-1-5-13-26)36-34(30-16-8-3-9-17-30)31-18-10-11-19-33(31)37(35)25-27-20-22-29(23-21-27)28-14-6-2-7-15-28/h1-23,32H,24-25H2/t32-/m0/s1. The molecule has 38 heavy (non-hydrogen) atoms. The van der Waals surface area contributed by atoms with Crippen LogP contribution in [0.15, 0.2) is 145 Å². The van der Waals surface area contributed by atoms with Gasteiger partial charge in [0.15, 0.2) is 0 Å². The normalized spacial score (nSPS) is 14.9. The smallest absolute Gasteiger partial charge is 0.252 e. The predicted octanol–water partition coefficient (Wildman–Crippen LogP) is 7.35. The molecule has 5 aromatic carbocycles. The molecule has 0 saturated carbocycles. The Kier molecular flexibility index (Phi) is 6.65. The highest BCUT2D eigenvalue weighted by Crippen LogP contribution is 2.31. The molecule has 0 aliphatic carbocycles. The second-order valence-electron chi connectivity index (χ2n) is 9.55. The number of aliphatic imine (C=N–C) groups is 1. The van der Waals surface area contributed by atoms with Gasteiger partial charge in [-0.2, -0.15) is 0 Å². The molecule has 184 valence electrons. The van der Waals surface area contributed by atoms with E-state index in [0.717, 1.165) is 39.2 Å². The van der Waals surface area contributed by atoms with E-state index in [1.54, 1.807) is 0 Å². The van der Waals surface area contributed by atoms with Gasteiger partial charge in [0.2, 0.25) is 0 Å². The van der Waals surface area contributed by atoms with Crippen LogP contribution in [-0.2, 0) is 17.8 Å². The summed E-state index contributed by atoms with van der Waals surface area (Å²) in [5.41, 5.74) is 8.26. The second kappa shape index (κ2) is 10.7. The van der Waals surface area contributed by atoms with Crippen LogP contribution in [0, 0.1) is 0 Å². The minimum Gasteiger partial charge on any atom is -0.305 e. The number of benzodiazepines with no additional fused rings is 1. The fraction of sp³-hybridized carbons (Fsp3) is 0.0857. The Bertz CT molecular complexity index is 1560. The first-order chi connectivity index (χ1) is 18.8. The van der Waals surface area contributed by atoms with E-state index >= 15 is 0 Å². The van der Waals surface area contributed by atoms with Gasteiger partial charge in [-0.25, -0.2) is 0 Å². The number of amides is 1. The molecule has 1 heterocycles. The van der Waals surface area contributed by atoms with E-state index in [1.165, 1.54) is 5.56 Å². The van der Waals surface area contributed by atoms with Gasteiger partial charge in [-0.15, -0.1) is 0 Å². The third-order valence-electron chi connectivity index (χ3n) is 7.01. The van der Waals surface area contributed by atoms with E-state index in [-0.39, 0.29) is 5.91 Å². The lowest BCUT2D eigenvalue weighted by Gasteiger charge is -2.25. The fourth-order valence-corrected chi connectivity index (χ4v) is 5.06. The summed E-state index contributed by atoms with van der Waals surface area (Å²) >= 11 is 0. The van der Waals surface area contributed by atoms with Gasteiger partial charge in [0.25, 0.3) is 5.91 Å². The molecule has 3 nitrogen and oxygen atoms in total. The summed E-state index contributed by atoms with van der Waals surface area (Å²) in [6.45, 7) is 0.480. The van der Waals surface area contributed by atoms with Crippen LogP contribution in [0.4, 0.5) is 5.69 Å². The number of nitrogens with zero attached hydrogens (tertiary/aromatic N) is 2. The molecule has 0 N–H and O–H groups in total. The molecule has 0 bridgehead atoms. The summed E-state index contributed by atoms with van der Waals surface area (Å²) in [7, 11) is 0. The first kappa shape index (κ1) is 23.6. The topological polar surface area (TPSA) is 32.7 Å². The number of para-hydroxylation sites is 1. The molecule has 0 fully saturated rings. The van der Waals surface area contributed by atoms with Gasteiger partial charge in [0, 0.05) is 17.5 Å². The number of hydrogen-bond acceptors (Lipinski definition) is 2. The van der Waals surface area contributed by atoms with Crippen molar-refractivity contribution in [3.05, 3.63) is 162 Å². The minimum absolute atomic E-state index is 0.0133. The van der Waals surface area contributed by atoms with Crippen LogP contribution in [0.5, 0.6) is 0 Å². The molecule has 1 aliphatic heterocycles. The Morgan fingerprint density at radius 1 is 0.553 bits per heavy atom. The van der Waals surface area contributed by atoms with Crippen molar-refractivity contribution in [2.75, 3.05) is 4.90 Å². The molecule has 1 amide bonds. The zero-order chi connectivity index (χ0) is 25.7. The lowest BCUT2D eigenvalue weighted by atomic mass is 10.00. The highest BCUT2D eigenvalue weighted by Gasteiger charge is 2.32. The number of benzene rings is 5. The Balaban J connectivity index is 1.40. The Morgan fingerprint density at radius 2 is 1.11 bits per heavy atom. The Morgan fingerprint density at radius 3 is 1.79 bits per heavy atom. The number of carbonyl (C=O) groups excluding carboxylic acids is 1. The maximum absolute atomic E-state index is 14.2. The van der Waals surface area contributed by atoms with Crippen molar-refractivity contribution < 1.29 is 4.79 Å². The fourth-order valence-electron chi connectivity index (χ4n) is 5.06. The highest BCUT2D eigenvalue weighted by atomic mass is 16.2. The van der Waals surface area contributed by atoms with Crippen LogP contribution >= 0.6 is 0 Å². The summed E-state index contributed by atoms with van der Waals surface area (Å²) < 4.78 is 0. The molecular formula is C35H28N2O. The molecule has 0 spiro atoms. The second-order valence-corrected chi connectivity index (χ2v) is 9.55. The van der Waals surface area contributed by atoms with Crippen molar-refractivity contribution in [2.45, 2.75) is 19.0 Å². The molecule has 0 saturated heterocycles. The van der Waals surface area contributed by atoms with Crippen molar-refractivity contribution in [3.8, 4) is 11.1 Å². The molecule has 1 aliphatic rings. The van der Waals surface area contributed by atoms with Crippen molar-refractivity contribution in [1.29, 1.82) is 0 Å². The maximum atomic E-state index is 14.2. The molecule has 0 radical (unpaired) electrons. The monoisotopic (exact) mass is 492 g/mol. The van der Waals surface area contributed by atoms with E-state index < -0.39 is 6.04 Å². The quantitative estimate of drug-likeness (QED) is 0.244. The largest absolute Gasteiger partial charge is 0.305 e. The van der Waals surface area contributed by atoms with E-state index in [9.17, 15) is 4.79 Å². The molecule has 1 atom stereocenters. The third-order valence-corrected chi connectivity index (χ3v) is 7.01. The van der Waals surface area contributed by atoms with E-state index in [4.69, 9.17) is 4.99 Å². The van der Waals surface area contributed by atoms with E-state index in [0.29, 0.717) is 13.0 Å². The zero-order valence-electron chi connectivity index (χ0n) is 21.1. The van der Waals surface area contributed by atoms with E-state index in [2.05, 4.69) is 66.7 Å². The van der Waals surface area contributed by atoms with Crippen LogP contribution in [0.25, 0.3) is 11.1 Å². The summed E-state index contributed by atoms with van der Waals surface area (Å²) in [4.78, 5) is 21.3. The highest BCUT2D eigenvalue weighted by molar-refractivity contribution is 6.20. The van der Waals surface area contributed by atoms with Crippen LogP contribution < -0.4 is 4.90 Å². The van der Waals surface area contributed by atoms with Gasteiger partial charge in [0.05, 0.1) is 17.9 Å². The summed E-state index contributed by atoms with van der Waals surface area (Å²) in [5, 5.41) is 0. The summed E-state index contributed by atoms with van der Waals surface area (Å²) in [5.74, 6) is 0.0133. The van der Waals surface area contributed by atoms with Crippen LogP contribution in [-0.4, -0.2) is 17.7 Å². The van der Waals surface area contributed by atoms with Crippen LogP contribution in [0.1, 0.15) is 22.3 Å². The Hall–Kier alpha value is -4.76. The zero-order valence-corrected chi connectivity index (χ0v) is 21.1. The molecule has 0 unspecified atom stereocenters. The van der Waals surface area contributed by atoms with Crippen molar-refractivity contribution in [3.63, 3.8) is 0 Å². The van der Waals surface area contributed by atoms with Gasteiger partial charge in [0.1, 0.15) is 6.04 Å². The maximum Gasteiger partial charge on any atom is 0.252 e. The van der Waals surface area contributed by atoms with Gasteiger partial charge >= 0.3 is 0 Å². The van der Waals surface area contributed by atoms with Gasteiger partial charge in [-0.3, -0.25) is 9.79 Å². The van der Waals surface area contributed by atoms with Gasteiger partial charge in [-0.05, 0) is 28.3 Å².